The van der Waals surface area contributed by atoms with Crippen molar-refractivity contribution in [2.24, 2.45) is 0 Å². The molecule has 0 atom stereocenters. The van der Waals surface area contributed by atoms with Gasteiger partial charge in [-0.15, -0.1) is 0 Å². The van der Waals surface area contributed by atoms with Gasteiger partial charge in [0, 0.05) is 18.0 Å². The Kier molecular flexibility index (Phi) is 5.73. The highest BCUT2D eigenvalue weighted by Gasteiger charge is 2.18. The first kappa shape index (κ1) is 19.2. The van der Waals surface area contributed by atoms with Gasteiger partial charge < -0.3 is 10.6 Å². The summed E-state index contributed by atoms with van der Waals surface area (Å²) in [6, 6.07) is 8.35. The molecule has 1 aromatic carbocycles. The molecular weight excluding hydrogens is 368 g/mol. The lowest BCUT2D eigenvalue weighted by Crippen LogP contribution is -2.33. The smallest absolute Gasteiger partial charge is 0.255 e. The molecule has 28 heavy (non-hydrogen) atoms. The number of carbonyl (C=O) groups is 2. The van der Waals surface area contributed by atoms with Crippen molar-refractivity contribution in [2.45, 2.75) is 13.3 Å². The van der Waals surface area contributed by atoms with E-state index in [9.17, 15) is 18.4 Å². The summed E-state index contributed by atoms with van der Waals surface area (Å²) in [7, 11) is 0. The molecule has 0 aliphatic heterocycles. The van der Waals surface area contributed by atoms with Crippen LogP contribution >= 0.6 is 0 Å². The van der Waals surface area contributed by atoms with Crippen LogP contribution in [0, 0.1) is 11.6 Å². The second-order valence-electron chi connectivity index (χ2n) is 5.82. The Morgan fingerprint density at radius 3 is 2.64 bits per heavy atom. The number of aromatic nitrogens is 3. The van der Waals surface area contributed by atoms with Gasteiger partial charge >= 0.3 is 0 Å². The number of rotatable bonds is 6. The average molecular weight is 385 g/mol. The quantitative estimate of drug-likeness (QED) is 0.682. The molecule has 0 saturated carbocycles. The topological polar surface area (TPSA) is 88.9 Å². The second kappa shape index (κ2) is 8.38. The number of pyridine rings is 1. The Labute approximate surface area is 159 Å². The third-order valence-electron chi connectivity index (χ3n) is 3.93. The summed E-state index contributed by atoms with van der Waals surface area (Å²) in [4.78, 5) is 28.6. The molecule has 3 rings (SSSR count). The van der Waals surface area contributed by atoms with Gasteiger partial charge in [-0.25, -0.2) is 18.4 Å². The first-order chi connectivity index (χ1) is 13.5. The summed E-state index contributed by atoms with van der Waals surface area (Å²) in [6.45, 7) is 1.54. The van der Waals surface area contributed by atoms with Crippen LogP contribution in [-0.4, -0.2) is 33.1 Å². The third kappa shape index (κ3) is 4.20. The minimum absolute atomic E-state index is 0.0929. The van der Waals surface area contributed by atoms with Gasteiger partial charge in [-0.2, -0.15) is 5.10 Å². The van der Waals surface area contributed by atoms with Crippen LogP contribution in [-0.2, 0) is 11.2 Å². The predicted molar refractivity (Wildman–Crippen MR) is 98.1 cm³/mol. The minimum Gasteiger partial charge on any atom is -0.343 e. The first-order valence-corrected chi connectivity index (χ1v) is 8.51. The van der Waals surface area contributed by atoms with Crippen LogP contribution in [0.4, 0.5) is 14.5 Å². The summed E-state index contributed by atoms with van der Waals surface area (Å²) in [5, 5.41) is 9.08. The van der Waals surface area contributed by atoms with Gasteiger partial charge in [0.1, 0.15) is 0 Å². The van der Waals surface area contributed by atoms with Gasteiger partial charge in [0.25, 0.3) is 5.91 Å². The van der Waals surface area contributed by atoms with Crippen LogP contribution in [0.2, 0.25) is 0 Å². The Morgan fingerprint density at radius 1 is 1.14 bits per heavy atom. The van der Waals surface area contributed by atoms with Crippen molar-refractivity contribution in [3.63, 3.8) is 0 Å². The average Bonchev–Trinajstić information content (AvgIpc) is 3.14. The molecule has 0 saturated heterocycles. The van der Waals surface area contributed by atoms with E-state index in [4.69, 9.17) is 0 Å². The molecule has 0 radical (unpaired) electrons. The SMILES string of the molecule is CCc1c(C(=O)NCC(=O)Nc2ccc(F)c(F)c2)cnn1-c1ccccn1. The molecule has 2 N–H and O–H groups in total. The van der Waals surface area contributed by atoms with E-state index < -0.39 is 23.4 Å². The summed E-state index contributed by atoms with van der Waals surface area (Å²) in [5.41, 5.74) is 1.07. The van der Waals surface area contributed by atoms with Crippen LogP contribution in [0.25, 0.3) is 5.82 Å². The Hall–Kier alpha value is -3.62. The Bertz CT molecular complexity index is 1000. The van der Waals surface area contributed by atoms with Gasteiger partial charge in [-0.1, -0.05) is 13.0 Å². The third-order valence-corrected chi connectivity index (χ3v) is 3.93. The second-order valence-corrected chi connectivity index (χ2v) is 5.82. The number of nitrogens with zero attached hydrogens (tertiary/aromatic N) is 3. The highest BCUT2D eigenvalue weighted by atomic mass is 19.2. The number of amides is 2. The molecule has 0 spiro atoms. The molecule has 3 aromatic rings. The zero-order valence-electron chi connectivity index (χ0n) is 14.9. The van der Waals surface area contributed by atoms with E-state index in [1.54, 1.807) is 23.0 Å². The molecule has 0 aliphatic rings. The number of halogens is 2. The minimum atomic E-state index is -1.07. The maximum absolute atomic E-state index is 13.2. The van der Waals surface area contributed by atoms with Crippen molar-refractivity contribution in [3.8, 4) is 5.82 Å². The molecule has 9 heteroatoms. The summed E-state index contributed by atoms with van der Waals surface area (Å²) in [5.74, 6) is -2.55. The van der Waals surface area contributed by atoms with Crippen molar-refractivity contribution in [3.05, 3.63) is 71.7 Å². The molecule has 2 heterocycles. The van der Waals surface area contributed by atoms with Gasteiger partial charge in [-0.05, 0) is 30.7 Å². The van der Waals surface area contributed by atoms with Crippen molar-refractivity contribution >= 4 is 17.5 Å². The van der Waals surface area contributed by atoms with Crippen LogP contribution in [0.1, 0.15) is 23.0 Å². The van der Waals surface area contributed by atoms with Gasteiger partial charge in [0.2, 0.25) is 5.91 Å². The van der Waals surface area contributed by atoms with Crippen LogP contribution < -0.4 is 10.6 Å². The molecule has 0 fully saturated rings. The van der Waals surface area contributed by atoms with E-state index in [1.165, 1.54) is 12.3 Å². The molecule has 7 nitrogen and oxygen atoms in total. The molecule has 0 bridgehead atoms. The zero-order chi connectivity index (χ0) is 20.1. The van der Waals surface area contributed by atoms with Crippen molar-refractivity contribution in [2.75, 3.05) is 11.9 Å². The van der Waals surface area contributed by atoms with Gasteiger partial charge in [0.15, 0.2) is 17.5 Å². The summed E-state index contributed by atoms with van der Waals surface area (Å²) in [6.07, 6.45) is 3.56. The number of carbonyl (C=O) groups excluding carboxylic acids is 2. The predicted octanol–water partition coefficient (Wildman–Crippen LogP) is 2.48. The van der Waals surface area contributed by atoms with Crippen molar-refractivity contribution in [1.29, 1.82) is 0 Å². The zero-order valence-corrected chi connectivity index (χ0v) is 14.9. The fourth-order valence-corrected chi connectivity index (χ4v) is 2.61. The number of anilines is 1. The molecular formula is C19H17F2N5O2. The van der Waals surface area contributed by atoms with E-state index in [-0.39, 0.29) is 12.2 Å². The highest BCUT2D eigenvalue weighted by molar-refractivity contribution is 5.99. The van der Waals surface area contributed by atoms with E-state index in [1.807, 2.05) is 13.0 Å². The van der Waals surface area contributed by atoms with Crippen molar-refractivity contribution < 1.29 is 18.4 Å². The molecule has 0 unspecified atom stereocenters. The lowest BCUT2D eigenvalue weighted by atomic mass is 10.2. The normalized spacial score (nSPS) is 10.5. The van der Waals surface area contributed by atoms with E-state index in [0.29, 0.717) is 23.5 Å². The number of benzene rings is 1. The monoisotopic (exact) mass is 385 g/mol. The van der Waals surface area contributed by atoms with Crippen molar-refractivity contribution in [1.82, 2.24) is 20.1 Å². The summed E-state index contributed by atoms with van der Waals surface area (Å²) < 4.78 is 27.7. The standard InChI is InChI=1S/C19H17F2N5O2/c1-2-16-13(10-24-26(16)17-5-3-4-8-22-17)19(28)23-11-18(27)25-12-6-7-14(20)15(21)9-12/h3-10H,2,11H2,1H3,(H,23,28)(H,25,27). The number of hydrogen-bond donors (Lipinski definition) is 2. The fourth-order valence-electron chi connectivity index (χ4n) is 2.61. The maximum atomic E-state index is 13.2. The van der Waals surface area contributed by atoms with Crippen LogP contribution in [0.3, 0.4) is 0 Å². The lowest BCUT2D eigenvalue weighted by Gasteiger charge is -2.09. The van der Waals surface area contributed by atoms with Crippen LogP contribution in [0.5, 0.6) is 0 Å². The maximum Gasteiger partial charge on any atom is 0.255 e. The molecule has 144 valence electrons. The molecule has 2 amide bonds. The Balaban J connectivity index is 1.65. The molecule has 0 aliphatic carbocycles. The van der Waals surface area contributed by atoms with E-state index >= 15 is 0 Å². The number of nitrogens with one attached hydrogen (secondary N) is 2. The fraction of sp³-hybridized carbons (Fsp3) is 0.158. The van der Waals surface area contributed by atoms with E-state index in [0.717, 1.165) is 12.1 Å². The summed E-state index contributed by atoms with van der Waals surface area (Å²) >= 11 is 0. The number of hydrogen-bond acceptors (Lipinski definition) is 4. The highest BCUT2D eigenvalue weighted by Crippen LogP contribution is 2.15. The van der Waals surface area contributed by atoms with Gasteiger partial charge in [0.05, 0.1) is 24.0 Å². The van der Waals surface area contributed by atoms with Gasteiger partial charge in [-0.3, -0.25) is 9.59 Å². The largest absolute Gasteiger partial charge is 0.343 e. The van der Waals surface area contributed by atoms with E-state index in [2.05, 4.69) is 20.7 Å². The molecule has 2 aromatic heterocycles. The first-order valence-electron chi connectivity index (χ1n) is 8.51. The lowest BCUT2D eigenvalue weighted by molar-refractivity contribution is -0.115. The Morgan fingerprint density at radius 2 is 1.96 bits per heavy atom. The van der Waals surface area contributed by atoms with Crippen LogP contribution in [0.15, 0.2) is 48.8 Å².